The van der Waals surface area contributed by atoms with Crippen LogP contribution in [-0.4, -0.2) is 58.1 Å². The van der Waals surface area contributed by atoms with E-state index in [9.17, 15) is 29.7 Å². The number of hydrogen-bond acceptors (Lipinski definition) is 8. The van der Waals surface area contributed by atoms with Gasteiger partial charge in [-0.1, -0.05) is 65.4 Å². The van der Waals surface area contributed by atoms with Crippen LogP contribution in [0.4, 0.5) is 0 Å². The zero-order valence-corrected chi connectivity index (χ0v) is 19.9. The zero-order valence-electron chi connectivity index (χ0n) is 19.9. The Labute approximate surface area is 195 Å². The Morgan fingerprint density at radius 3 is 2.58 bits per heavy atom. The number of aldehydes is 1. The van der Waals surface area contributed by atoms with Gasteiger partial charge in [0.05, 0.1) is 12.0 Å². The Kier molecular flexibility index (Phi) is 8.02. The van der Waals surface area contributed by atoms with E-state index < -0.39 is 59.2 Å². The number of carbonyl (C=O) groups excluding carboxylic acids is 3. The van der Waals surface area contributed by atoms with Gasteiger partial charge in [0.1, 0.15) is 17.8 Å². The van der Waals surface area contributed by atoms with Gasteiger partial charge in [0.2, 0.25) is 6.29 Å². The number of hydrogen-bond donors (Lipinski definition) is 3. The number of allylic oxidation sites excluding steroid dienone is 1. The molecule has 33 heavy (non-hydrogen) atoms. The van der Waals surface area contributed by atoms with Crippen LogP contribution in [0.3, 0.4) is 0 Å². The molecule has 0 bridgehead atoms. The zero-order chi connectivity index (χ0) is 24.4. The number of unbranched alkanes of at least 4 members (excludes halogenated alkanes) is 5. The molecule has 8 heteroatoms. The van der Waals surface area contributed by atoms with Crippen LogP contribution in [0, 0.1) is 22.7 Å². The number of aliphatic hydroxyl groups excluding tert-OH is 3. The molecule has 1 heterocycles. The highest BCUT2D eigenvalue weighted by atomic mass is 16.6. The molecule has 3 aliphatic rings. The Hall–Kier alpha value is -1.77. The normalized spacial score (nSPS) is 35.6. The lowest BCUT2D eigenvalue weighted by Gasteiger charge is -2.57. The highest BCUT2D eigenvalue weighted by molar-refractivity contribution is 5.87. The van der Waals surface area contributed by atoms with E-state index in [0.29, 0.717) is 19.1 Å². The monoisotopic (exact) mass is 466 g/mol. The van der Waals surface area contributed by atoms with Gasteiger partial charge < -0.3 is 24.8 Å². The maximum atomic E-state index is 13.2. The van der Waals surface area contributed by atoms with Gasteiger partial charge in [0.15, 0.2) is 6.10 Å². The Morgan fingerprint density at radius 2 is 1.91 bits per heavy atom. The minimum absolute atomic E-state index is 0.197. The second-order valence-electron chi connectivity index (χ2n) is 10.5. The molecule has 2 unspecified atom stereocenters. The average molecular weight is 467 g/mol. The first kappa shape index (κ1) is 25.8. The molecule has 2 aliphatic carbocycles. The summed E-state index contributed by atoms with van der Waals surface area (Å²) in [6.07, 6.45) is 3.59. The van der Waals surface area contributed by atoms with Gasteiger partial charge in [0, 0.05) is 0 Å². The molecule has 2 fully saturated rings. The molecule has 1 saturated heterocycles. The summed E-state index contributed by atoms with van der Waals surface area (Å²) in [4.78, 5) is 37.8. The van der Waals surface area contributed by atoms with Crippen LogP contribution in [0.15, 0.2) is 11.6 Å². The number of rotatable bonds is 10. The predicted molar refractivity (Wildman–Crippen MR) is 119 cm³/mol. The van der Waals surface area contributed by atoms with Gasteiger partial charge in [-0.25, -0.2) is 4.79 Å². The molecule has 0 aromatic heterocycles. The molecule has 0 aromatic rings. The van der Waals surface area contributed by atoms with Crippen LogP contribution < -0.4 is 0 Å². The summed E-state index contributed by atoms with van der Waals surface area (Å²) in [6, 6.07) is 0. The number of esters is 2. The number of ether oxygens (including phenoxy) is 2. The van der Waals surface area contributed by atoms with Crippen molar-refractivity contribution in [1.82, 2.24) is 0 Å². The Balaban J connectivity index is 1.82. The lowest BCUT2D eigenvalue weighted by molar-refractivity contribution is -0.215. The van der Waals surface area contributed by atoms with E-state index in [2.05, 4.69) is 6.92 Å². The van der Waals surface area contributed by atoms with E-state index in [-0.39, 0.29) is 18.4 Å². The Morgan fingerprint density at radius 1 is 1.24 bits per heavy atom. The molecule has 1 saturated carbocycles. The quantitative estimate of drug-likeness (QED) is 0.254. The molecule has 0 radical (unpaired) electrons. The smallest absolute Gasteiger partial charge is 0.335 e. The molecule has 8 nitrogen and oxygen atoms in total. The van der Waals surface area contributed by atoms with Crippen LogP contribution in [0.2, 0.25) is 0 Å². The van der Waals surface area contributed by atoms with Crippen molar-refractivity contribution < 1.29 is 39.2 Å². The highest BCUT2D eigenvalue weighted by Gasteiger charge is 2.74. The molecule has 186 valence electrons. The van der Waals surface area contributed by atoms with Crippen LogP contribution in [0.1, 0.15) is 78.6 Å². The van der Waals surface area contributed by atoms with Crippen molar-refractivity contribution in [2.24, 2.45) is 22.7 Å². The van der Waals surface area contributed by atoms with Crippen LogP contribution in [0.5, 0.6) is 0 Å². The lowest BCUT2D eigenvalue weighted by atomic mass is 9.46. The summed E-state index contributed by atoms with van der Waals surface area (Å²) in [5.41, 5.74) is -1.95. The fourth-order valence-electron chi connectivity index (χ4n) is 6.32. The largest absolute Gasteiger partial charge is 0.456 e. The fourth-order valence-corrected chi connectivity index (χ4v) is 6.32. The average Bonchev–Trinajstić information content (AvgIpc) is 3.02. The van der Waals surface area contributed by atoms with Crippen LogP contribution in [0.25, 0.3) is 0 Å². The summed E-state index contributed by atoms with van der Waals surface area (Å²) < 4.78 is 10.8. The topological polar surface area (TPSA) is 130 Å². The van der Waals surface area contributed by atoms with Gasteiger partial charge in [-0.2, -0.15) is 0 Å². The van der Waals surface area contributed by atoms with Crippen molar-refractivity contribution in [1.29, 1.82) is 0 Å². The van der Waals surface area contributed by atoms with Gasteiger partial charge in [-0.3, -0.25) is 9.59 Å². The van der Waals surface area contributed by atoms with Crippen molar-refractivity contribution >= 4 is 18.2 Å². The third-order valence-electron chi connectivity index (χ3n) is 7.89. The second-order valence-corrected chi connectivity index (χ2v) is 10.5. The van der Waals surface area contributed by atoms with Gasteiger partial charge >= 0.3 is 11.9 Å². The third kappa shape index (κ3) is 4.62. The molecule has 1 aliphatic heterocycles. The van der Waals surface area contributed by atoms with E-state index in [1.165, 1.54) is 0 Å². The third-order valence-corrected chi connectivity index (χ3v) is 7.89. The van der Waals surface area contributed by atoms with E-state index in [1.54, 1.807) is 6.08 Å². The molecular weight excluding hydrogens is 428 g/mol. The molecule has 1 spiro atoms. The first-order valence-corrected chi connectivity index (χ1v) is 12.2. The highest BCUT2D eigenvalue weighted by Crippen LogP contribution is 2.64. The van der Waals surface area contributed by atoms with Crippen molar-refractivity contribution in [2.45, 2.75) is 103 Å². The summed E-state index contributed by atoms with van der Waals surface area (Å²) in [7, 11) is 0. The SMILES string of the molecule is CCCCCCCCC(O)C(=O)O[C@H]1[C@@H](O)CC(C)(C)[C@@H]2CC=C(C=O)C3[C@@H](O)OC(=O)[C@]312. The van der Waals surface area contributed by atoms with Crippen LogP contribution in [-0.2, 0) is 23.9 Å². The van der Waals surface area contributed by atoms with Gasteiger partial charge in [-0.15, -0.1) is 0 Å². The van der Waals surface area contributed by atoms with Crippen molar-refractivity contribution in [3.8, 4) is 0 Å². The van der Waals surface area contributed by atoms with Crippen molar-refractivity contribution in [3.05, 3.63) is 11.6 Å². The maximum Gasteiger partial charge on any atom is 0.335 e. The first-order valence-electron chi connectivity index (χ1n) is 12.2. The van der Waals surface area contributed by atoms with E-state index in [4.69, 9.17) is 9.47 Å². The summed E-state index contributed by atoms with van der Waals surface area (Å²) in [6.45, 7) is 5.94. The number of aliphatic hydroxyl groups is 3. The van der Waals surface area contributed by atoms with Gasteiger partial charge in [0.25, 0.3) is 0 Å². The molecule has 0 amide bonds. The lowest BCUT2D eigenvalue weighted by Crippen LogP contribution is -2.65. The molecule has 0 aromatic carbocycles. The Bertz CT molecular complexity index is 774. The number of cyclic esters (lactones) is 1. The first-order chi connectivity index (χ1) is 15.6. The van der Waals surface area contributed by atoms with Crippen LogP contribution >= 0.6 is 0 Å². The standard InChI is InChI=1S/C25H38O8/c1-4-5-6-7-8-9-10-16(27)21(29)32-20-17(28)13-24(2,3)18-12-11-15(14-26)19-22(30)33-23(31)25(18,19)20/h11,14,16-20,22,27-28,30H,4-10,12-13H2,1-3H3/t16?,17-,18-,19?,20-,22-,25+/m0/s1. The van der Waals surface area contributed by atoms with Crippen molar-refractivity contribution in [2.75, 3.05) is 0 Å². The second kappa shape index (κ2) is 10.2. The molecule has 3 N–H and O–H groups in total. The summed E-state index contributed by atoms with van der Waals surface area (Å²) in [5, 5.41) is 32.0. The summed E-state index contributed by atoms with van der Waals surface area (Å²) in [5.74, 6) is -3.17. The number of carbonyl (C=O) groups is 3. The molecule has 7 atom stereocenters. The molecule has 3 rings (SSSR count). The van der Waals surface area contributed by atoms with Crippen molar-refractivity contribution in [3.63, 3.8) is 0 Å². The minimum atomic E-state index is -1.60. The minimum Gasteiger partial charge on any atom is -0.456 e. The fraction of sp³-hybridized carbons (Fsp3) is 0.800. The maximum absolute atomic E-state index is 13.2. The molecular formula is C25H38O8. The van der Waals surface area contributed by atoms with E-state index in [0.717, 1.165) is 32.1 Å². The van der Waals surface area contributed by atoms with Gasteiger partial charge in [-0.05, 0) is 36.2 Å². The predicted octanol–water partition coefficient (Wildman–Crippen LogP) is 2.42. The van der Waals surface area contributed by atoms with E-state index in [1.807, 2.05) is 13.8 Å². The summed E-state index contributed by atoms with van der Waals surface area (Å²) >= 11 is 0. The van der Waals surface area contributed by atoms with E-state index >= 15 is 0 Å².